The molecule has 0 bridgehead atoms. The number of aromatic nitrogens is 4. The van der Waals surface area contributed by atoms with E-state index in [0.717, 1.165) is 20.8 Å². The largest absolute Gasteiger partial charge is 0.481 e. The molecule has 18 N–H and O–H groups in total. The number of hydrogen-bond donors (Lipinski definition) is 18. The maximum absolute atomic E-state index is 14.1. The number of H-pyrrole nitrogens is 1. The van der Waals surface area contributed by atoms with E-state index in [1.807, 2.05) is 5.32 Å². The summed E-state index contributed by atoms with van der Waals surface area (Å²) in [4.78, 5) is 245. The van der Waals surface area contributed by atoms with E-state index in [0.29, 0.717) is 11.4 Å². The number of carboxylic acid groups (broad SMARTS) is 5. The van der Waals surface area contributed by atoms with Crippen LogP contribution in [0.15, 0.2) is 35.3 Å². The smallest absolute Gasteiger partial charge is 0.327 e. The van der Waals surface area contributed by atoms with Crippen molar-refractivity contribution in [2.75, 3.05) is 23.3 Å². The number of anilines is 2. The Morgan fingerprint density at radius 1 is 0.505 bits per heavy atom. The summed E-state index contributed by atoms with van der Waals surface area (Å²) in [6.07, 6.45) is -6.47. The fourth-order valence-electron chi connectivity index (χ4n) is 8.67. The lowest BCUT2D eigenvalue weighted by Crippen LogP contribution is -2.59. The number of aliphatic carboxylic acids is 5. The van der Waals surface area contributed by atoms with Gasteiger partial charge in [-0.15, -0.1) is 0 Å². The number of hydrogen-bond acceptors (Lipinski definition) is 24. The molecule has 528 valence electrons. The number of rotatable bonds is 44. The summed E-state index contributed by atoms with van der Waals surface area (Å²) in [6, 6.07) is -8.31. The first-order chi connectivity index (χ1) is 45.6. The first-order valence-corrected chi connectivity index (χ1v) is 30.5. The first-order valence-electron chi connectivity index (χ1n) is 29.8. The highest BCUT2D eigenvalue weighted by atomic mass is 32.1. The van der Waals surface area contributed by atoms with Crippen LogP contribution in [0.1, 0.15) is 127 Å². The van der Waals surface area contributed by atoms with Gasteiger partial charge in [-0.3, -0.25) is 67.3 Å². The second-order valence-corrected chi connectivity index (χ2v) is 22.5. The molecule has 0 unspecified atom stereocenters. The van der Waals surface area contributed by atoms with Gasteiger partial charge in [0.15, 0.2) is 11.2 Å². The van der Waals surface area contributed by atoms with Gasteiger partial charge >= 0.3 is 29.8 Å². The molecule has 2 heterocycles. The monoisotopic (exact) mass is 1380 g/mol. The summed E-state index contributed by atoms with van der Waals surface area (Å²) in [6.45, 7) is 4.13. The number of nitrogens with zero attached hydrogens (tertiary/aromatic N) is 3. The molecule has 97 heavy (non-hydrogen) atoms. The zero-order valence-electron chi connectivity index (χ0n) is 52.8. The van der Waals surface area contributed by atoms with Crippen molar-refractivity contribution in [3.8, 4) is 0 Å². The molecule has 0 radical (unpaired) electrons. The molecule has 0 saturated heterocycles. The van der Waals surface area contributed by atoms with Crippen molar-refractivity contribution >= 4 is 136 Å². The summed E-state index contributed by atoms with van der Waals surface area (Å²) in [5.41, 5.74) is 5.74. The van der Waals surface area contributed by atoms with Crippen molar-refractivity contribution in [2.45, 2.75) is 166 Å². The molecule has 9 atom stereocenters. The highest BCUT2D eigenvalue weighted by Gasteiger charge is 2.35. The number of Topliss-reactive ketones (excluding diaryl/α,β-unsaturated/α-hetero) is 3. The highest BCUT2D eigenvalue weighted by molar-refractivity contribution is 7.80. The van der Waals surface area contributed by atoms with Crippen LogP contribution in [0.4, 0.5) is 11.6 Å². The first kappa shape index (κ1) is 80.2. The predicted molar refractivity (Wildman–Crippen MR) is 337 cm³/mol. The van der Waals surface area contributed by atoms with Gasteiger partial charge in [0.05, 0.1) is 30.8 Å². The van der Waals surface area contributed by atoms with Crippen LogP contribution in [0.2, 0.25) is 0 Å². The van der Waals surface area contributed by atoms with Gasteiger partial charge in [-0.05, 0) is 83.6 Å². The fourth-order valence-corrected chi connectivity index (χ4v) is 8.91. The van der Waals surface area contributed by atoms with Crippen molar-refractivity contribution in [3.05, 3.63) is 52.1 Å². The molecule has 0 aliphatic heterocycles. The number of nitrogens with two attached hydrogens (primary N) is 1. The molecule has 3 aromatic rings. The van der Waals surface area contributed by atoms with Crippen LogP contribution < -0.4 is 64.5 Å². The third kappa shape index (κ3) is 29.0. The molecule has 1 aromatic carbocycles. The number of carboxylic acids is 5. The second-order valence-electron chi connectivity index (χ2n) is 22.2. The zero-order chi connectivity index (χ0) is 72.8. The normalized spacial score (nSPS) is 13.7. The van der Waals surface area contributed by atoms with Crippen LogP contribution in [0.5, 0.6) is 0 Å². The molecule has 39 heteroatoms. The van der Waals surface area contributed by atoms with Gasteiger partial charge in [0.1, 0.15) is 65.7 Å². The Labute approximate surface area is 556 Å². The van der Waals surface area contributed by atoms with Crippen LogP contribution in [0.25, 0.3) is 11.2 Å². The van der Waals surface area contributed by atoms with Crippen molar-refractivity contribution in [2.24, 2.45) is 5.92 Å². The number of thiol groups is 1. The van der Waals surface area contributed by atoms with Gasteiger partial charge in [0.25, 0.3) is 11.5 Å². The maximum atomic E-state index is 14.1. The lowest BCUT2D eigenvalue weighted by Gasteiger charge is -2.27. The average Bonchev–Trinajstić information content (AvgIpc) is 0.922. The summed E-state index contributed by atoms with van der Waals surface area (Å²) in [5, 5.41) is 71.2. The molecule has 9 amide bonds. The molecular formula is C58H77N15O23S. The Morgan fingerprint density at radius 3 is 1.37 bits per heavy atom. The van der Waals surface area contributed by atoms with Gasteiger partial charge in [-0.25, -0.2) is 19.6 Å². The number of benzene rings is 1. The van der Waals surface area contributed by atoms with Crippen LogP contribution in [-0.4, -0.2) is 206 Å². The van der Waals surface area contributed by atoms with Gasteiger partial charge < -0.3 is 98.8 Å². The number of nitrogens with one attached hydrogen (secondary N) is 11. The topological polar surface area (TPSA) is 609 Å². The van der Waals surface area contributed by atoms with Gasteiger partial charge in [-0.1, -0.05) is 6.92 Å². The van der Waals surface area contributed by atoms with Gasteiger partial charge in [0.2, 0.25) is 53.2 Å². The number of ketones is 3. The van der Waals surface area contributed by atoms with Crippen LogP contribution >= 0.6 is 12.6 Å². The number of amides is 9. The van der Waals surface area contributed by atoms with E-state index >= 15 is 0 Å². The van der Waals surface area contributed by atoms with Gasteiger partial charge in [-0.2, -0.15) is 17.6 Å². The van der Waals surface area contributed by atoms with E-state index < -0.39 is 243 Å². The minimum absolute atomic E-state index is 0.00273. The lowest BCUT2D eigenvalue weighted by molar-refractivity contribution is -0.143. The SMILES string of the molecule is CC(=O)CC[C@H](NC(=O)CC[C@H](NC(=O)c1ccc(NCc2cnc3nc(N)[nH]c(=O)c3n2)cc1)C(=O)O)C(=O)N[C@@H](CCC(=O)O)C(=O)N[C@@H](CCC(C)=O)C(=O)N[C@@H](CCC(=O)O)C(=O)N[C@@H](CCC(C)=O)C(=O)NC[C@H](C)C(=O)N[C@@H](CC(=O)O)C(=O)N[C@@H](CS)C(=O)O. The van der Waals surface area contributed by atoms with E-state index in [9.17, 15) is 112 Å². The molecule has 0 fully saturated rings. The Morgan fingerprint density at radius 2 is 0.928 bits per heavy atom. The van der Waals surface area contributed by atoms with Crippen LogP contribution in [-0.2, 0) is 83.3 Å². The van der Waals surface area contributed by atoms with E-state index in [1.165, 1.54) is 37.4 Å². The Hall–Kier alpha value is -11.0. The molecule has 0 aliphatic rings. The summed E-state index contributed by atoms with van der Waals surface area (Å²) in [5.74, 6) is -21.0. The molecule has 0 saturated carbocycles. The average molecular weight is 1380 g/mol. The molecule has 3 rings (SSSR count). The Kier molecular flexibility index (Phi) is 32.8. The summed E-state index contributed by atoms with van der Waals surface area (Å²) in [7, 11) is 0. The number of carbonyl (C=O) groups excluding carboxylic acids is 12. The van der Waals surface area contributed by atoms with Crippen molar-refractivity contribution < 1.29 is 107 Å². The molecule has 2 aromatic heterocycles. The van der Waals surface area contributed by atoms with Crippen LogP contribution in [0.3, 0.4) is 0 Å². The third-order valence-electron chi connectivity index (χ3n) is 14.0. The fraction of sp³-hybridized carbons (Fsp3) is 0.500. The van der Waals surface area contributed by atoms with E-state index in [-0.39, 0.29) is 42.1 Å². The molecular weight excluding hydrogens is 1310 g/mol. The maximum Gasteiger partial charge on any atom is 0.327 e. The summed E-state index contributed by atoms with van der Waals surface area (Å²) >= 11 is 3.82. The second kappa shape index (κ2) is 39.6. The number of fused-ring (bicyclic) bond motifs is 1. The van der Waals surface area contributed by atoms with Crippen LogP contribution in [0, 0.1) is 5.92 Å². The number of aromatic amines is 1. The van der Waals surface area contributed by atoms with Crippen molar-refractivity contribution in [1.82, 2.24) is 67.8 Å². The van der Waals surface area contributed by atoms with Crippen molar-refractivity contribution in [3.63, 3.8) is 0 Å². The van der Waals surface area contributed by atoms with E-state index in [2.05, 4.69) is 80.4 Å². The van der Waals surface area contributed by atoms with Crippen molar-refractivity contribution in [1.29, 1.82) is 0 Å². The van der Waals surface area contributed by atoms with Gasteiger partial charge in [0, 0.05) is 62.1 Å². The summed E-state index contributed by atoms with van der Waals surface area (Å²) < 4.78 is 0. The zero-order valence-corrected chi connectivity index (χ0v) is 53.7. The van der Waals surface area contributed by atoms with E-state index in [4.69, 9.17) is 5.73 Å². The molecule has 0 aliphatic carbocycles. The number of carbonyl (C=O) groups is 17. The Balaban J connectivity index is 1.78. The minimum Gasteiger partial charge on any atom is -0.481 e. The quantitative estimate of drug-likeness (QED) is 0.0243. The number of nitrogen functional groups attached to an aromatic ring is 1. The standard InChI is InChI=1S/C58H77N15O23S/c1-26(47(84)70-39(21-44(82)83)54(91)71-40(25-97)57(95)96)22-62-49(86)33(12-5-27(2)74)65-52(89)36(16-19-42(78)79)68-51(88)35(14-7-29(4)76)66-53(90)37(17-20-43(80)81)67-50(87)34(13-6-28(3)75)64-41(77)18-15-38(56(93)94)69-48(85)30-8-10-31(11-9-30)60-23-32-24-61-46-45(63-32)55(92)73-58(59)72-46/h8-11,24,26,33-40,60,97H,5-7,12-23,25H2,1-4H3,(H,62,86)(H,64,77)(H,65,89)(H,66,90)(H,67,87)(H,68,88)(H,69,85)(H,70,84)(H,71,91)(H,78,79)(H,80,81)(H,82,83)(H,93,94)(H,95,96)(H3,59,61,72,73,92)/t26-,33-,34-,35-,36-,37-,38-,39-,40-/m0/s1. The van der Waals surface area contributed by atoms with E-state index in [1.54, 1.807) is 0 Å². The molecule has 38 nitrogen and oxygen atoms in total. The predicted octanol–water partition coefficient (Wildman–Crippen LogP) is -3.66. The third-order valence-corrected chi connectivity index (χ3v) is 14.4. The Bertz CT molecular complexity index is 3520. The highest BCUT2D eigenvalue weighted by Crippen LogP contribution is 2.15. The molecule has 0 spiro atoms. The minimum atomic E-state index is -1.88. The lowest BCUT2D eigenvalue weighted by atomic mass is 10.0.